The maximum Gasteiger partial charge on any atom is 0.260 e. The van der Waals surface area contributed by atoms with Crippen molar-refractivity contribution in [3.05, 3.63) is 18.6 Å². The Balaban J connectivity index is 1.79. The van der Waals surface area contributed by atoms with Crippen LogP contribution < -0.4 is 4.74 Å². The van der Waals surface area contributed by atoms with Gasteiger partial charge in [0.2, 0.25) is 5.88 Å². The molecular formula is C11H15N3O2. The zero-order valence-electron chi connectivity index (χ0n) is 9.13. The van der Waals surface area contributed by atoms with Crippen LogP contribution in [0.5, 0.6) is 5.88 Å². The van der Waals surface area contributed by atoms with Crippen molar-refractivity contribution in [3.63, 3.8) is 0 Å². The number of aromatic nitrogens is 2. The molecule has 5 heteroatoms. The first-order chi connectivity index (χ1) is 7.86. The van der Waals surface area contributed by atoms with E-state index in [-0.39, 0.29) is 12.5 Å². The smallest absolute Gasteiger partial charge is 0.260 e. The summed E-state index contributed by atoms with van der Waals surface area (Å²) >= 11 is 0. The van der Waals surface area contributed by atoms with Crippen LogP contribution in [0, 0.1) is 0 Å². The minimum atomic E-state index is 0.0401. The number of nitrogens with zero attached hydrogens (tertiary/aromatic N) is 3. The summed E-state index contributed by atoms with van der Waals surface area (Å²) in [6.07, 6.45) is 6.41. The maximum absolute atomic E-state index is 11.7. The van der Waals surface area contributed by atoms with Crippen molar-refractivity contribution in [2.24, 2.45) is 0 Å². The van der Waals surface area contributed by atoms with Gasteiger partial charge in [0, 0.05) is 25.4 Å². The number of hydrogen-bond donors (Lipinski definition) is 0. The molecule has 2 rings (SSSR count). The van der Waals surface area contributed by atoms with Gasteiger partial charge in [-0.2, -0.15) is 0 Å². The summed E-state index contributed by atoms with van der Waals surface area (Å²) in [5.41, 5.74) is 0. The van der Waals surface area contributed by atoms with E-state index in [0.717, 1.165) is 25.9 Å². The molecule has 1 amide bonds. The van der Waals surface area contributed by atoms with Crippen LogP contribution in [0.3, 0.4) is 0 Å². The first kappa shape index (κ1) is 10.9. The van der Waals surface area contributed by atoms with Crippen LogP contribution in [0.2, 0.25) is 0 Å². The average molecular weight is 221 g/mol. The quantitative estimate of drug-likeness (QED) is 0.760. The molecule has 0 aromatic carbocycles. The predicted octanol–water partition coefficient (Wildman–Crippen LogP) is 0.868. The van der Waals surface area contributed by atoms with E-state index in [9.17, 15) is 4.79 Å². The largest absolute Gasteiger partial charge is 0.467 e. The summed E-state index contributed by atoms with van der Waals surface area (Å²) in [5, 5.41) is 0. The number of likely N-dealkylation sites (tertiary alicyclic amines) is 1. The molecule has 1 aromatic heterocycles. The molecule has 0 aliphatic carbocycles. The lowest BCUT2D eigenvalue weighted by atomic mass is 10.1. The number of carbonyl (C=O) groups excluding carboxylic acids is 1. The number of ether oxygens (including phenoxy) is 1. The van der Waals surface area contributed by atoms with Crippen molar-refractivity contribution in [2.75, 3.05) is 19.7 Å². The summed E-state index contributed by atoms with van der Waals surface area (Å²) in [7, 11) is 0. The Kier molecular flexibility index (Phi) is 3.69. The lowest BCUT2D eigenvalue weighted by molar-refractivity contribution is -0.134. The fourth-order valence-corrected chi connectivity index (χ4v) is 1.73. The first-order valence-electron chi connectivity index (χ1n) is 5.53. The molecule has 0 bridgehead atoms. The fraction of sp³-hybridized carbons (Fsp3) is 0.545. The van der Waals surface area contributed by atoms with Gasteiger partial charge in [-0.1, -0.05) is 0 Å². The highest BCUT2D eigenvalue weighted by Gasteiger charge is 2.16. The molecule has 86 valence electrons. The van der Waals surface area contributed by atoms with E-state index in [2.05, 4.69) is 9.97 Å². The summed E-state index contributed by atoms with van der Waals surface area (Å²) < 4.78 is 5.28. The highest BCUT2D eigenvalue weighted by Crippen LogP contribution is 2.09. The van der Waals surface area contributed by atoms with Gasteiger partial charge in [-0.15, -0.1) is 0 Å². The van der Waals surface area contributed by atoms with Crippen molar-refractivity contribution in [1.29, 1.82) is 0 Å². The van der Waals surface area contributed by atoms with Gasteiger partial charge in [0.1, 0.15) is 6.33 Å². The Hall–Kier alpha value is -1.65. The minimum absolute atomic E-state index is 0.0401. The Morgan fingerprint density at radius 3 is 2.88 bits per heavy atom. The van der Waals surface area contributed by atoms with Gasteiger partial charge in [0.05, 0.1) is 0 Å². The van der Waals surface area contributed by atoms with Gasteiger partial charge in [-0.25, -0.2) is 9.97 Å². The Labute approximate surface area is 94.5 Å². The lowest BCUT2D eigenvalue weighted by Crippen LogP contribution is -2.38. The molecule has 0 saturated carbocycles. The summed E-state index contributed by atoms with van der Waals surface area (Å²) in [6, 6.07) is 1.64. The van der Waals surface area contributed by atoms with Gasteiger partial charge in [-0.05, 0) is 19.3 Å². The van der Waals surface area contributed by atoms with Crippen LogP contribution in [-0.4, -0.2) is 40.5 Å². The van der Waals surface area contributed by atoms with Crippen molar-refractivity contribution in [3.8, 4) is 5.88 Å². The molecule has 0 unspecified atom stereocenters. The SMILES string of the molecule is O=C(COc1ccncn1)N1CCCCC1. The predicted molar refractivity (Wildman–Crippen MR) is 58.0 cm³/mol. The Morgan fingerprint density at radius 1 is 1.38 bits per heavy atom. The van der Waals surface area contributed by atoms with Crippen LogP contribution in [0.1, 0.15) is 19.3 Å². The standard InChI is InChI=1S/C11H15N3O2/c15-11(14-6-2-1-3-7-14)8-16-10-4-5-12-9-13-10/h4-5,9H,1-3,6-8H2. The third-order valence-electron chi connectivity index (χ3n) is 2.61. The van der Waals surface area contributed by atoms with Crippen molar-refractivity contribution >= 4 is 5.91 Å². The van der Waals surface area contributed by atoms with Crippen molar-refractivity contribution < 1.29 is 9.53 Å². The normalized spacial score (nSPS) is 15.9. The molecule has 0 N–H and O–H groups in total. The van der Waals surface area contributed by atoms with E-state index in [1.54, 1.807) is 12.3 Å². The third kappa shape index (κ3) is 2.92. The van der Waals surface area contributed by atoms with E-state index in [1.807, 2.05) is 4.90 Å². The highest BCUT2D eigenvalue weighted by atomic mass is 16.5. The molecule has 1 fully saturated rings. The number of rotatable bonds is 3. The number of amides is 1. The van der Waals surface area contributed by atoms with E-state index < -0.39 is 0 Å². The fourth-order valence-electron chi connectivity index (χ4n) is 1.73. The summed E-state index contributed by atoms with van der Waals surface area (Å²) in [4.78, 5) is 21.2. The molecule has 16 heavy (non-hydrogen) atoms. The third-order valence-corrected chi connectivity index (χ3v) is 2.61. The number of carbonyl (C=O) groups is 1. The molecule has 0 radical (unpaired) electrons. The van der Waals surface area contributed by atoms with E-state index >= 15 is 0 Å². The molecule has 5 nitrogen and oxygen atoms in total. The number of piperidine rings is 1. The highest BCUT2D eigenvalue weighted by molar-refractivity contribution is 5.77. The Morgan fingerprint density at radius 2 is 2.19 bits per heavy atom. The van der Waals surface area contributed by atoms with E-state index in [1.165, 1.54) is 12.7 Å². The van der Waals surface area contributed by atoms with Crippen molar-refractivity contribution in [2.45, 2.75) is 19.3 Å². The van der Waals surface area contributed by atoms with Crippen LogP contribution in [-0.2, 0) is 4.79 Å². The van der Waals surface area contributed by atoms with Gasteiger partial charge < -0.3 is 9.64 Å². The maximum atomic E-state index is 11.7. The average Bonchev–Trinajstić information content (AvgIpc) is 2.38. The topological polar surface area (TPSA) is 55.3 Å². The van der Waals surface area contributed by atoms with Crippen LogP contribution in [0.25, 0.3) is 0 Å². The number of hydrogen-bond acceptors (Lipinski definition) is 4. The second-order valence-electron chi connectivity index (χ2n) is 3.78. The zero-order valence-corrected chi connectivity index (χ0v) is 9.13. The van der Waals surface area contributed by atoms with Crippen LogP contribution >= 0.6 is 0 Å². The van der Waals surface area contributed by atoms with Crippen molar-refractivity contribution in [1.82, 2.24) is 14.9 Å². The van der Waals surface area contributed by atoms with Gasteiger partial charge in [-0.3, -0.25) is 4.79 Å². The van der Waals surface area contributed by atoms with Crippen LogP contribution in [0.4, 0.5) is 0 Å². The van der Waals surface area contributed by atoms with E-state index in [0.29, 0.717) is 5.88 Å². The lowest BCUT2D eigenvalue weighted by Gasteiger charge is -2.26. The molecule has 2 heterocycles. The monoisotopic (exact) mass is 221 g/mol. The molecular weight excluding hydrogens is 206 g/mol. The van der Waals surface area contributed by atoms with Gasteiger partial charge in [0.25, 0.3) is 5.91 Å². The molecule has 1 aliphatic rings. The molecule has 1 aromatic rings. The molecule has 0 spiro atoms. The summed E-state index contributed by atoms with van der Waals surface area (Å²) in [5.74, 6) is 0.485. The zero-order chi connectivity index (χ0) is 11.2. The first-order valence-corrected chi connectivity index (χ1v) is 5.53. The minimum Gasteiger partial charge on any atom is -0.467 e. The molecule has 0 atom stereocenters. The Bertz CT molecular complexity index is 336. The summed E-state index contributed by atoms with van der Waals surface area (Å²) in [6.45, 7) is 1.77. The van der Waals surface area contributed by atoms with E-state index in [4.69, 9.17) is 4.74 Å². The van der Waals surface area contributed by atoms with Crippen LogP contribution in [0.15, 0.2) is 18.6 Å². The van der Waals surface area contributed by atoms with Gasteiger partial charge >= 0.3 is 0 Å². The van der Waals surface area contributed by atoms with Gasteiger partial charge in [0.15, 0.2) is 6.61 Å². The molecule has 1 aliphatic heterocycles. The second-order valence-corrected chi connectivity index (χ2v) is 3.78. The second kappa shape index (κ2) is 5.44. The molecule has 1 saturated heterocycles.